The fraction of sp³-hybridized carbons (Fsp3) is 0.125. The summed E-state index contributed by atoms with van der Waals surface area (Å²) in [5.41, 5.74) is 6.58. The van der Waals surface area contributed by atoms with Gasteiger partial charge in [-0.15, -0.1) is 5.10 Å². The molecule has 0 amide bonds. The Labute approximate surface area is 85.5 Å². The van der Waals surface area contributed by atoms with Crippen molar-refractivity contribution in [2.45, 2.75) is 0 Å². The van der Waals surface area contributed by atoms with E-state index >= 15 is 0 Å². The van der Waals surface area contributed by atoms with E-state index in [1.807, 2.05) is 0 Å². The molecule has 2 aromatic rings. The molecule has 72 valence electrons. The second kappa shape index (κ2) is 3.26. The smallest absolute Gasteiger partial charge is 0.201 e. The highest BCUT2D eigenvalue weighted by molar-refractivity contribution is 6.33. The van der Waals surface area contributed by atoms with E-state index in [4.69, 9.17) is 17.3 Å². The molecule has 2 rings (SSSR count). The van der Waals surface area contributed by atoms with Crippen LogP contribution in [0.4, 0.5) is 5.69 Å². The van der Waals surface area contributed by atoms with Crippen LogP contribution in [0.25, 0.3) is 11.5 Å². The van der Waals surface area contributed by atoms with E-state index in [0.717, 1.165) is 0 Å². The van der Waals surface area contributed by atoms with Crippen molar-refractivity contribution in [1.29, 1.82) is 0 Å². The number of anilines is 1. The lowest BCUT2D eigenvalue weighted by Gasteiger charge is -1.98. The Bertz CT molecular complexity index is 465. The van der Waals surface area contributed by atoms with E-state index in [1.54, 1.807) is 24.1 Å². The first-order valence-corrected chi connectivity index (χ1v) is 4.31. The van der Waals surface area contributed by atoms with E-state index in [2.05, 4.69) is 15.1 Å². The molecule has 0 atom stereocenters. The molecule has 5 nitrogen and oxygen atoms in total. The lowest BCUT2D eigenvalue weighted by atomic mass is 10.3. The average molecular weight is 210 g/mol. The Morgan fingerprint density at radius 3 is 2.79 bits per heavy atom. The summed E-state index contributed by atoms with van der Waals surface area (Å²) in [4.78, 5) is 8.11. The number of aromatic nitrogens is 4. The molecule has 0 aliphatic carbocycles. The number of aryl methyl sites for hydroxylation is 1. The monoisotopic (exact) mass is 209 g/mol. The molecule has 0 saturated carbocycles. The molecule has 0 aliphatic rings. The molecule has 0 aliphatic heterocycles. The van der Waals surface area contributed by atoms with Gasteiger partial charge in [0.05, 0.1) is 16.9 Å². The van der Waals surface area contributed by atoms with Gasteiger partial charge in [0, 0.05) is 7.05 Å². The van der Waals surface area contributed by atoms with E-state index < -0.39 is 0 Å². The molecular weight excluding hydrogens is 202 g/mol. The number of hydrogen-bond donors (Lipinski definition) is 1. The van der Waals surface area contributed by atoms with Gasteiger partial charge in [0.25, 0.3) is 0 Å². The summed E-state index contributed by atoms with van der Waals surface area (Å²) < 4.78 is 1.59. The van der Waals surface area contributed by atoms with Crippen LogP contribution >= 0.6 is 11.6 Å². The predicted octanol–water partition coefficient (Wildman–Crippen LogP) is 1.11. The van der Waals surface area contributed by atoms with E-state index in [9.17, 15) is 0 Å². The highest BCUT2D eigenvalue weighted by Crippen LogP contribution is 2.23. The Hall–Kier alpha value is -1.62. The lowest BCUT2D eigenvalue weighted by Crippen LogP contribution is -1.93. The molecule has 0 saturated heterocycles. The SMILES string of the molecule is Cn1cnc(-c2ncc(N)cc2Cl)n1. The summed E-state index contributed by atoms with van der Waals surface area (Å²) in [6, 6.07) is 1.63. The quantitative estimate of drug-likeness (QED) is 0.764. The number of rotatable bonds is 1. The second-order valence-corrected chi connectivity index (χ2v) is 3.25. The molecule has 2 heterocycles. The minimum absolute atomic E-state index is 0.455. The average Bonchev–Trinajstić information content (AvgIpc) is 2.51. The van der Waals surface area contributed by atoms with E-state index in [1.165, 1.54) is 6.20 Å². The van der Waals surface area contributed by atoms with Crippen LogP contribution in [-0.2, 0) is 7.05 Å². The Morgan fingerprint density at radius 2 is 2.21 bits per heavy atom. The van der Waals surface area contributed by atoms with Crippen molar-refractivity contribution in [1.82, 2.24) is 19.7 Å². The number of nitrogens with two attached hydrogens (primary N) is 1. The summed E-state index contributed by atoms with van der Waals surface area (Å²) in [7, 11) is 1.78. The zero-order chi connectivity index (χ0) is 10.1. The minimum Gasteiger partial charge on any atom is -0.397 e. The lowest BCUT2D eigenvalue weighted by molar-refractivity contribution is 0.767. The van der Waals surface area contributed by atoms with Crippen LogP contribution in [0.2, 0.25) is 5.02 Å². The molecule has 0 radical (unpaired) electrons. The molecule has 2 N–H and O–H groups in total. The highest BCUT2D eigenvalue weighted by atomic mass is 35.5. The van der Waals surface area contributed by atoms with Gasteiger partial charge < -0.3 is 5.73 Å². The molecule has 0 spiro atoms. The van der Waals surface area contributed by atoms with Gasteiger partial charge >= 0.3 is 0 Å². The maximum absolute atomic E-state index is 5.94. The van der Waals surface area contributed by atoms with Crippen LogP contribution in [0, 0.1) is 0 Å². The van der Waals surface area contributed by atoms with Gasteiger partial charge in [-0.05, 0) is 6.07 Å². The maximum Gasteiger partial charge on any atom is 0.201 e. The molecular formula is C8H8ClN5. The summed E-state index contributed by atoms with van der Waals surface area (Å²) in [6.45, 7) is 0. The molecule has 2 aromatic heterocycles. The summed E-state index contributed by atoms with van der Waals surface area (Å²) in [5, 5.41) is 4.54. The standard InChI is InChI=1S/C8H8ClN5/c1-14-4-12-8(13-14)7-6(9)2-5(10)3-11-7/h2-4H,10H2,1H3. The predicted molar refractivity (Wildman–Crippen MR) is 53.7 cm³/mol. The molecule has 14 heavy (non-hydrogen) atoms. The van der Waals surface area contributed by atoms with Gasteiger partial charge in [-0.2, -0.15) is 0 Å². The first-order valence-electron chi connectivity index (χ1n) is 3.94. The van der Waals surface area contributed by atoms with Gasteiger partial charge in [0.1, 0.15) is 12.0 Å². The van der Waals surface area contributed by atoms with Crippen LogP contribution in [0.15, 0.2) is 18.6 Å². The third kappa shape index (κ3) is 1.54. The van der Waals surface area contributed by atoms with Crippen LogP contribution in [0.1, 0.15) is 0 Å². The van der Waals surface area contributed by atoms with Gasteiger partial charge in [-0.1, -0.05) is 11.6 Å². The Balaban J connectivity index is 2.52. The Morgan fingerprint density at radius 1 is 1.43 bits per heavy atom. The summed E-state index contributed by atoms with van der Waals surface area (Å²) in [5.74, 6) is 0.498. The summed E-state index contributed by atoms with van der Waals surface area (Å²) in [6.07, 6.45) is 3.11. The fourth-order valence-electron chi connectivity index (χ4n) is 1.07. The third-order valence-corrected chi connectivity index (χ3v) is 1.96. The van der Waals surface area contributed by atoms with Crippen LogP contribution in [0.3, 0.4) is 0 Å². The van der Waals surface area contributed by atoms with Gasteiger partial charge in [0.15, 0.2) is 0 Å². The number of halogens is 1. The zero-order valence-corrected chi connectivity index (χ0v) is 8.23. The van der Waals surface area contributed by atoms with Crippen LogP contribution < -0.4 is 5.73 Å². The van der Waals surface area contributed by atoms with Crippen molar-refractivity contribution in [3.05, 3.63) is 23.6 Å². The van der Waals surface area contributed by atoms with Gasteiger partial charge in [0.2, 0.25) is 5.82 Å². The van der Waals surface area contributed by atoms with Crippen molar-refractivity contribution < 1.29 is 0 Å². The number of pyridine rings is 1. The minimum atomic E-state index is 0.455. The van der Waals surface area contributed by atoms with Gasteiger partial charge in [-0.25, -0.2) is 9.97 Å². The number of hydrogen-bond acceptors (Lipinski definition) is 4. The maximum atomic E-state index is 5.94. The number of nitrogen functional groups attached to an aromatic ring is 1. The number of nitrogens with zero attached hydrogens (tertiary/aromatic N) is 4. The van der Waals surface area contributed by atoms with Crippen molar-refractivity contribution in [2.24, 2.45) is 7.05 Å². The van der Waals surface area contributed by atoms with Crippen LogP contribution in [-0.4, -0.2) is 19.7 Å². The Kier molecular flexibility index (Phi) is 2.09. The van der Waals surface area contributed by atoms with E-state index in [0.29, 0.717) is 22.2 Å². The second-order valence-electron chi connectivity index (χ2n) is 2.84. The topological polar surface area (TPSA) is 69.6 Å². The van der Waals surface area contributed by atoms with E-state index in [-0.39, 0.29) is 0 Å². The molecule has 0 unspecified atom stereocenters. The zero-order valence-electron chi connectivity index (χ0n) is 7.48. The van der Waals surface area contributed by atoms with Crippen LogP contribution in [0.5, 0.6) is 0 Å². The summed E-state index contributed by atoms with van der Waals surface area (Å²) >= 11 is 5.94. The van der Waals surface area contributed by atoms with Gasteiger partial charge in [-0.3, -0.25) is 4.68 Å². The molecule has 0 aromatic carbocycles. The van der Waals surface area contributed by atoms with Crippen molar-refractivity contribution in [3.63, 3.8) is 0 Å². The molecule has 0 fully saturated rings. The third-order valence-electron chi connectivity index (χ3n) is 1.67. The first-order chi connectivity index (χ1) is 6.66. The van der Waals surface area contributed by atoms with Crippen molar-refractivity contribution >= 4 is 17.3 Å². The first kappa shape index (κ1) is 8.96. The largest absolute Gasteiger partial charge is 0.397 e. The fourth-order valence-corrected chi connectivity index (χ4v) is 1.32. The normalized spacial score (nSPS) is 10.4. The molecule has 0 bridgehead atoms. The van der Waals surface area contributed by atoms with Crippen molar-refractivity contribution in [3.8, 4) is 11.5 Å². The highest BCUT2D eigenvalue weighted by Gasteiger charge is 2.09. The van der Waals surface area contributed by atoms with Crippen molar-refractivity contribution in [2.75, 3.05) is 5.73 Å². The molecule has 6 heteroatoms.